The van der Waals surface area contributed by atoms with E-state index in [4.69, 9.17) is 14.2 Å². The van der Waals surface area contributed by atoms with Crippen molar-refractivity contribution in [3.63, 3.8) is 0 Å². The molecule has 0 spiro atoms. The predicted molar refractivity (Wildman–Crippen MR) is 115 cm³/mol. The van der Waals surface area contributed by atoms with Crippen molar-refractivity contribution >= 4 is 35.6 Å². The maximum Gasteiger partial charge on any atom is 0.408 e. The molecule has 11 heteroatoms. The van der Waals surface area contributed by atoms with Gasteiger partial charge in [-0.25, -0.2) is 9.59 Å². The molecule has 0 radical (unpaired) electrons. The summed E-state index contributed by atoms with van der Waals surface area (Å²) in [7, 11) is 0. The Balaban J connectivity index is 2.64. The number of amides is 3. The zero-order valence-electron chi connectivity index (χ0n) is 20.1. The molecule has 1 aliphatic heterocycles. The van der Waals surface area contributed by atoms with E-state index in [1.807, 2.05) is 13.8 Å². The molecule has 1 fully saturated rings. The average molecular weight is 471 g/mol. The van der Waals surface area contributed by atoms with Crippen molar-refractivity contribution in [2.24, 2.45) is 5.92 Å². The van der Waals surface area contributed by atoms with Gasteiger partial charge in [0.25, 0.3) is 0 Å². The Morgan fingerprint density at radius 2 is 1.61 bits per heavy atom. The third-order valence-electron chi connectivity index (χ3n) is 4.40. The Bertz CT molecular complexity index is 754. The third kappa shape index (κ3) is 10.5. The fourth-order valence-electron chi connectivity index (χ4n) is 2.72. The summed E-state index contributed by atoms with van der Waals surface area (Å²) in [4.78, 5) is 73.0. The summed E-state index contributed by atoms with van der Waals surface area (Å²) in [6, 6.07) is -1.16. The fraction of sp³-hybridized carbons (Fsp3) is 0.727. The molecule has 11 nitrogen and oxygen atoms in total. The summed E-state index contributed by atoms with van der Waals surface area (Å²) in [5.41, 5.74) is -0.788. The van der Waals surface area contributed by atoms with Crippen LogP contribution in [-0.2, 0) is 38.2 Å². The molecule has 3 amide bonds. The van der Waals surface area contributed by atoms with Crippen LogP contribution in [0.2, 0.25) is 0 Å². The van der Waals surface area contributed by atoms with Gasteiger partial charge >= 0.3 is 18.0 Å². The predicted octanol–water partition coefficient (Wildman–Crippen LogP) is 1.51. The third-order valence-corrected chi connectivity index (χ3v) is 4.40. The number of carbonyl (C=O) groups excluding carboxylic acids is 6. The van der Waals surface area contributed by atoms with Gasteiger partial charge in [-0.2, -0.15) is 0 Å². The number of hydrogen-bond acceptors (Lipinski definition) is 9. The molecule has 0 unspecified atom stereocenters. The molecule has 0 aliphatic carbocycles. The molecular formula is C22H34N2O9. The Labute approximate surface area is 193 Å². The molecular weight excluding hydrogens is 436 g/mol. The van der Waals surface area contributed by atoms with Crippen LogP contribution in [-0.4, -0.2) is 71.4 Å². The summed E-state index contributed by atoms with van der Waals surface area (Å²) in [5, 5.41) is 2.39. The van der Waals surface area contributed by atoms with Gasteiger partial charge in [-0.15, -0.1) is 0 Å². The lowest BCUT2D eigenvalue weighted by Gasteiger charge is -2.23. The number of ketones is 1. The number of ether oxygens (including phenoxy) is 3. The maximum absolute atomic E-state index is 12.4. The highest BCUT2D eigenvalue weighted by Crippen LogP contribution is 2.13. The molecule has 1 N–H and O–H groups in total. The van der Waals surface area contributed by atoms with E-state index in [2.05, 4.69) is 5.32 Å². The number of nitrogens with one attached hydrogen (secondary N) is 1. The summed E-state index contributed by atoms with van der Waals surface area (Å²) in [6.45, 7) is 9.70. The Morgan fingerprint density at radius 1 is 1.03 bits per heavy atom. The van der Waals surface area contributed by atoms with Crippen LogP contribution in [0, 0.1) is 5.92 Å². The highest BCUT2D eigenvalue weighted by Gasteiger charge is 2.33. The molecule has 0 aromatic heterocycles. The van der Waals surface area contributed by atoms with Gasteiger partial charge in [0.2, 0.25) is 11.8 Å². The van der Waals surface area contributed by atoms with Crippen molar-refractivity contribution < 1.29 is 43.0 Å². The molecule has 186 valence electrons. The van der Waals surface area contributed by atoms with Crippen LogP contribution >= 0.6 is 0 Å². The van der Waals surface area contributed by atoms with E-state index < -0.39 is 59.9 Å². The summed E-state index contributed by atoms with van der Waals surface area (Å²) < 4.78 is 15.4. The Morgan fingerprint density at radius 3 is 2.12 bits per heavy atom. The summed E-state index contributed by atoms with van der Waals surface area (Å²) in [6.07, 6.45) is -2.36. The lowest BCUT2D eigenvalue weighted by Crippen LogP contribution is -2.45. The lowest BCUT2D eigenvalue weighted by molar-refractivity contribution is -0.156. The zero-order chi connectivity index (χ0) is 25.3. The first-order chi connectivity index (χ1) is 15.2. The van der Waals surface area contributed by atoms with E-state index in [1.54, 1.807) is 20.8 Å². The van der Waals surface area contributed by atoms with E-state index >= 15 is 0 Å². The smallest absolute Gasteiger partial charge is 0.408 e. The minimum atomic E-state index is -1.19. The normalized spacial score (nSPS) is 15.8. The van der Waals surface area contributed by atoms with Crippen LogP contribution in [0.25, 0.3) is 0 Å². The van der Waals surface area contributed by atoms with Crippen molar-refractivity contribution in [2.45, 2.75) is 85.0 Å². The maximum atomic E-state index is 12.4. The van der Waals surface area contributed by atoms with Gasteiger partial charge in [-0.1, -0.05) is 13.8 Å². The number of rotatable bonds is 11. The number of Topliss-reactive ketones (excluding diaryl/α,β-unsaturated/α-hetero) is 1. The second-order valence-corrected chi connectivity index (χ2v) is 9.23. The quantitative estimate of drug-likeness (QED) is 0.270. The van der Waals surface area contributed by atoms with Gasteiger partial charge in [-0.05, 0) is 40.0 Å². The number of imide groups is 1. The number of carbonyl (C=O) groups is 6. The van der Waals surface area contributed by atoms with Crippen LogP contribution in [0.3, 0.4) is 0 Å². The van der Waals surface area contributed by atoms with Crippen molar-refractivity contribution in [1.29, 1.82) is 0 Å². The van der Waals surface area contributed by atoms with E-state index in [-0.39, 0.29) is 38.2 Å². The minimum absolute atomic E-state index is 0.0548. The second kappa shape index (κ2) is 12.3. The van der Waals surface area contributed by atoms with E-state index in [0.717, 1.165) is 4.90 Å². The SMILES string of the molecule is CC(C)COC(=O)[C@H](CCC(=O)O[C@@H](C)C(=O)CN1C(=O)CCC1=O)NC(=O)OC(C)(C)C. The molecule has 33 heavy (non-hydrogen) atoms. The first-order valence-electron chi connectivity index (χ1n) is 10.9. The van der Waals surface area contributed by atoms with Gasteiger partial charge in [0.15, 0.2) is 11.9 Å². The first kappa shape index (κ1) is 28.1. The van der Waals surface area contributed by atoms with Gasteiger partial charge in [-0.3, -0.25) is 24.1 Å². The van der Waals surface area contributed by atoms with Crippen molar-refractivity contribution in [2.75, 3.05) is 13.2 Å². The molecule has 0 bridgehead atoms. The average Bonchev–Trinajstić information content (AvgIpc) is 2.99. The standard InChI is InChI=1S/C22H34N2O9/c1-13(2)12-31-20(29)15(23-21(30)33-22(4,5)6)7-10-19(28)32-14(3)16(25)11-24-17(26)8-9-18(24)27/h13-15H,7-12H2,1-6H3,(H,23,30)/t14-,15-/m0/s1. The van der Waals surface area contributed by atoms with E-state index in [1.165, 1.54) is 6.92 Å². The molecule has 1 saturated heterocycles. The summed E-state index contributed by atoms with van der Waals surface area (Å²) >= 11 is 0. The number of likely N-dealkylation sites (tertiary alicyclic amines) is 1. The fourth-order valence-corrected chi connectivity index (χ4v) is 2.72. The van der Waals surface area contributed by atoms with Crippen LogP contribution in [0.15, 0.2) is 0 Å². The zero-order valence-corrected chi connectivity index (χ0v) is 20.1. The first-order valence-corrected chi connectivity index (χ1v) is 10.9. The monoisotopic (exact) mass is 470 g/mol. The minimum Gasteiger partial charge on any atom is -0.464 e. The molecule has 0 saturated carbocycles. The molecule has 2 atom stereocenters. The Kier molecular flexibility index (Phi) is 10.5. The van der Waals surface area contributed by atoms with Gasteiger partial charge in [0, 0.05) is 19.3 Å². The van der Waals surface area contributed by atoms with Crippen LogP contribution < -0.4 is 5.32 Å². The number of esters is 2. The van der Waals surface area contributed by atoms with Crippen molar-refractivity contribution in [3.05, 3.63) is 0 Å². The summed E-state index contributed by atoms with van der Waals surface area (Å²) in [5.74, 6) is -2.93. The van der Waals surface area contributed by atoms with Gasteiger partial charge in [0.1, 0.15) is 11.6 Å². The molecule has 1 aliphatic rings. The molecule has 0 aromatic carbocycles. The Hall–Kier alpha value is -2.98. The van der Waals surface area contributed by atoms with Crippen LogP contribution in [0.5, 0.6) is 0 Å². The van der Waals surface area contributed by atoms with Crippen molar-refractivity contribution in [3.8, 4) is 0 Å². The highest BCUT2D eigenvalue weighted by atomic mass is 16.6. The molecule has 0 aromatic rings. The molecule has 1 heterocycles. The number of alkyl carbamates (subject to hydrolysis) is 1. The lowest BCUT2D eigenvalue weighted by atomic mass is 10.1. The van der Waals surface area contributed by atoms with Gasteiger partial charge in [0.05, 0.1) is 13.2 Å². The van der Waals surface area contributed by atoms with Crippen molar-refractivity contribution in [1.82, 2.24) is 10.2 Å². The number of hydrogen-bond donors (Lipinski definition) is 1. The highest BCUT2D eigenvalue weighted by molar-refractivity contribution is 6.05. The van der Waals surface area contributed by atoms with Crippen LogP contribution in [0.1, 0.15) is 67.2 Å². The van der Waals surface area contributed by atoms with E-state index in [9.17, 15) is 28.8 Å². The topological polar surface area (TPSA) is 145 Å². The largest absolute Gasteiger partial charge is 0.464 e. The van der Waals surface area contributed by atoms with Crippen LogP contribution in [0.4, 0.5) is 4.79 Å². The number of nitrogens with zero attached hydrogens (tertiary/aromatic N) is 1. The second-order valence-electron chi connectivity index (χ2n) is 9.23. The van der Waals surface area contributed by atoms with E-state index in [0.29, 0.717) is 0 Å². The molecule has 1 rings (SSSR count). The van der Waals surface area contributed by atoms with Gasteiger partial charge < -0.3 is 19.5 Å².